The van der Waals surface area contributed by atoms with Crippen molar-refractivity contribution in [2.45, 2.75) is 0 Å². The SMILES string of the molecule is C=C(c1ccc(Oc2ccccc2)c(OC)c1)c1ccc(Oc2ccccc2)c(OC)c1. The molecule has 0 heterocycles. The van der Waals surface area contributed by atoms with Crippen LogP contribution in [0.15, 0.2) is 104 Å². The molecule has 4 aromatic carbocycles. The summed E-state index contributed by atoms with van der Waals surface area (Å²) in [5, 5.41) is 0. The maximum absolute atomic E-state index is 5.96. The average Bonchev–Trinajstić information content (AvgIpc) is 2.85. The van der Waals surface area contributed by atoms with Gasteiger partial charge >= 0.3 is 0 Å². The van der Waals surface area contributed by atoms with Crippen molar-refractivity contribution in [3.8, 4) is 34.5 Å². The van der Waals surface area contributed by atoms with Crippen molar-refractivity contribution in [2.75, 3.05) is 14.2 Å². The van der Waals surface area contributed by atoms with Crippen LogP contribution >= 0.6 is 0 Å². The summed E-state index contributed by atoms with van der Waals surface area (Å²) in [7, 11) is 3.25. The molecule has 0 spiro atoms. The van der Waals surface area contributed by atoms with Crippen LogP contribution in [-0.4, -0.2) is 14.2 Å². The second kappa shape index (κ2) is 9.75. The molecule has 0 aliphatic carbocycles. The molecule has 0 aliphatic heterocycles. The van der Waals surface area contributed by atoms with Crippen LogP contribution in [0.5, 0.6) is 34.5 Å². The van der Waals surface area contributed by atoms with Gasteiger partial charge in [0.15, 0.2) is 23.0 Å². The molecule has 4 aromatic rings. The Morgan fingerprint density at radius 2 is 0.938 bits per heavy atom. The highest BCUT2D eigenvalue weighted by atomic mass is 16.5. The Labute approximate surface area is 188 Å². The third kappa shape index (κ3) is 4.76. The van der Waals surface area contributed by atoms with Crippen molar-refractivity contribution in [2.24, 2.45) is 0 Å². The van der Waals surface area contributed by atoms with Crippen LogP contribution in [-0.2, 0) is 0 Å². The molecule has 0 aromatic heterocycles. The molecule has 0 aliphatic rings. The second-order valence-corrected chi connectivity index (χ2v) is 7.04. The van der Waals surface area contributed by atoms with Gasteiger partial charge in [0.1, 0.15) is 11.5 Å². The maximum Gasteiger partial charge on any atom is 0.169 e. The summed E-state index contributed by atoms with van der Waals surface area (Å²) in [5.41, 5.74) is 2.67. The number of para-hydroxylation sites is 2. The van der Waals surface area contributed by atoms with Crippen LogP contribution in [0.25, 0.3) is 5.57 Å². The fourth-order valence-corrected chi connectivity index (χ4v) is 3.28. The average molecular weight is 424 g/mol. The second-order valence-electron chi connectivity index (χ2n) is 7.04. The van der Waals surface area contributed by atoms with Crippen LogP contribution in [0.3, 0.4) is 0 Å². The van der Waals surface area contributed by atoms with Crippen LogP contribution in [0, 0.1) is 0 Å². The predicted octanol–water partition coefficient (Wildman–Crippen LogP) is 7.35. The zero-order chi connectivity index (χ0) is 22.3. The Morgan fingerprint density at radius 1 is 0.531 bits per heavy atom. The molecule has 0 saturated heterocycles. The first-order valence-corrected chi connectivity index (χ1v) is 10.2. The highest BCUT2D eigenvalue weighted by molar-refractivity contribution is 5.80. The number of benzene rings is 4. The van der Waals surface area contributed by atoms with E-state index in [9.17, 15) is 0 Å². The lowest BCUT2D eigenvalue weighted by Gasteiger charge is -2.15. The zero-order valence-electron chi connectivity index (χ0n) is 18.1. The van der Waals surface area contributed by atoms with E-state index >= 15 is 0 Å². The summed E-state index contributed by atoms with van der Waals surface area (Å²) in [6.45, 7) is 4.28. The minimum Gasteiger partial charge on any atom is -0.493 e. The van der Waals surface area contributed by atoms with Gasteiger partial charge in [0.05, 0.1) is 14.2 Å². The van der Waals surface area contributed by atoms with Crippen molar-refractivity contribution in [3.63, 3.8) is 0 Å². The largest absolute Gasteiger partial charge is 0.493 e. The van der Waals surface area contributed by atoms with Crippen LogP contribution in [0.2, 0.25) is 0 Å². The smallest absolute Gasteiger partial charge is 0.169 e. The van der Waals surface area contributed by atoms with E-state index in [0.717, 1.165) is 28.2 Å². The van der Waals surface area contributed by atoms with Crippen LogP contribution in [0.4, 0.5) is 0 Å². The summed E-state index contributed by atoms with van der Waals surface area (Å²) >= 11 is 0. The van der Waals surface area contributed by atoms with E-state index in [4.69, 9.17) is 18.9 Å². The molecule has 32 heavy (non-hydrogen) atoms. The van der Waals surface area contributed by atoms with Gasteiger partial charge in [-0.05, 0) is 65.2 Å². The normalized spacial score (nSPS) is 10.3. The number of hydrogen-bond donors (Lipinski definition) is 0. The zero-order valence-corrected chi connectivity index (χ0v) is 18.1. The number of hydrogen-bond acceptors (Lipinski definition) is 4. The molecular formula is C28H24O4. The van der Waals surface area contributed by atoms with Gasteiger partial charge in [0.25, 0.3) is 0 Å². The van der Waals surface area contributed by atoms with Crippen molar-refractivity contribution < 1.29 is 18.9 Å². The number of rotatable bonds is 8. The quantitative estimate of drug-likeness (QED) is 0.296. The molecule has 160 valence electrons. The minimum absolute atomic E-state index is 0.628. The van der Waals surface area contributed by atoms with Gasteiger partial charge in [-0.15, -0.1) is 0 Å². The van der Waals surface area contributed by atoms with Gasteiger partial charge in [-0.2, -0.15) is 0 Å². The molecule has 0 bridgehead atoms. The molecule has 0 saturated carbocycles. The number of ether oxygens (including phenoxy) is 4. The van der Waals surface area contributed by atoms with Crippen molar-refractivity contribution >= 4 is 5.57 Å². The molecule has 0 fully saturated rings. The third-order valence-corrected chi connectivity index (χ3v) is 4.97. The Bertz CT molecular complexity index is 1110. The van der Waals surface area contributed by atoms with Crippen molar-refractivity contribution in [1.29, 1.82) is 0 Å². The van der Waals surface area contributed by atoms with E-state index in [1.54, 1.807) is 14.2 Å². The molecular weight excluding hydrogens is 400 g/mol. The lowest BCUT2D eigenvalue weighted by Crippen LogP contribution is -1.95. The lowest BCUT2D eigenvalue weighted by molar-refractivity contribution is 0.378. The summed E-state index contributed by atoms with van der Waals surface area (Å²) in [6.07, 6.45) is 0. The molecule has 0 unspecified atom stereocenters. The molecule has 0 atom stereocenters. The standard InChI is InChI=1S/C28H24O4/c1-20(21-14-16-25(27(18-21)29-2)31-23-10-6-4-7-11-23)22-15-17-26(28(19-22)30-3)32-24-12-8-5-9-13-24/h4-19H,1H2,2-3H3. The van der Waals surface area contributed by atoms with Crippen molar-refractivity contribution in [3.05, 3.63) is 115 Å². The fraction of sp³-hybridized carbons (Fsp3) is 0.0714. The van der Waals surface area contributed by atoms with Gasteiger partial charge in [-0.1, -0.05) is 55.1 Å². The first-order valence-electron chi connectivity index (χ1n) is 10.2. The monoisotopic (exact) mass is 424 g/mol. The summed E-state index contributed by atoms with van der Waals surface area (Å²) in [4.78, 5) is 0. The first kappa shape index (κ1) is 21.1. The van der Waals surface area contributed by atoms with E-state index in [-0.39, 0.29) is 0 Å². The Hall–Kier alpha value is -4.18. The van der Waals surface area contributed by atoms with E-state index in [2.05, 4.69) is 6.58 Å². The van der Waals surface area contributed by atoms with Crippen LogP contribution in [0.1, 0.15) is 11.1 Å². The van der Waals surface area contributed by atoms with Gasteiger partial charge < -0.3 is 18.9 Å². The van der Waals surface area contributed by atoms with E-state index < -0.39 is 0 Å². The summed E-state index contributed by atoms with van der Waals surface area (Å²) in [5.74, 6) is 4.03. The summed E-state index contributed by atoms with van der Waals surface area (Å²) < 4.78 is 23.0. The van der Waals surface area contributed by atoms with E-state index in [0.29, 0.717) is 23.0 Å². The maximum atomic E-state index is 5.96. The fourth-order valence-electron chi connectivity index (χ4n) is 3.28. The van der Waals surface area contributed by atoms with Gasteiger partial charge in [0, 0.05) is 0 Å². The Morgan fingerprint density at radius 3 is 1.31 bits per heavy atom. The molecule has 0 radical (unpaired) electrons. The summed E-state index contributed by atoms with van der Waals surface area (Å²) in [6, 6.07) is 30.7. The van der Waals surface area contributed by atoms with Gasteiger partial charge in [0.2, 0.25) is 0 Å². The minimum atomic E-state index is 0.628. The third-order valence-electron chi connectivity index (χ3n) is 4.97. The molecule has 4 nitrogen and oxygen atoms in total. The van der Waals surface area contributed by atoms with E-state index in [1.165, 1.54) is 0 Å². The lowest BCUT2D eigenvalue weighted by atomic mass is 9.98. The van der Waals surface area contributed by atoms with Crippen molar-refractivity contribution in [1.82, 2.24) is 0 Å². The Balaban J connectivity index is 1.58. The predicted molar refractivity (Wildman–Crippen MR) is 127 cm³/mol. The van der Waals surface area contributed by atoms with E-state index in [1.807, 2.05) is 97.1 Å². The van der Waals surface area contributed by atoms with Gasteiger partial charge in [-0.3, -0.25) is 0 Å². The molecule has 0 amide bonds. The first-order chi connectivity index (χ1) is 15.7. The molecule has 4 heteroatoms. The van der Waals surface area contributed by atoms with Gasteiger partial charge in [-0.25, -0.2) is 0 Å². The molecule has 0 N–H and O–H groups in total. The highest BCUT2D eigenvalue weighted by Gasteiger charge is 2.13. The topological polar surface area (TPSA) is 36.9 Å². The highest BCUT2D eigenvalue weighted by Crippen LogP contribution is 2.38. The van der Waals surface area contributed by atoms with Crippen LogP contribution < -0.4 is 18.9 Å². The molecule has 4 rings (SSSR count). The Kier molecular flexibility index (Phi) is 6.42. The number of methoxy groups -OCH3 is 2.